The van der Waals surface area contributed by atoms with Crippen molar-refractivity contribution >= 4 is 11.6 Å². The number of aliphatic hydroxyl groups excluding tert-OH is 1. The Kier molecular flexibility index (Phi) is 3.87. The van der Waals surface area contributed by atoms with Crippen LogP contribution in [0.3, 0.4) is 0 Å². The van der Waals surface area contributed by atoms with E-state index in [0.29, 0.717) is 11.6 Å². The van der Waals surface area contributed by atoms with Crippen LogP contribution in [-0.2, 0) is 6.54 Å². The molecular weight excluding hydrogens is 279 g/mol. The minimum Gasteiger partial charge on any atom is -0.379 e. The van der Waals surface area contributed by atoms with Crippen molar-refractivity contribution in [2.45, 2.75) is 18.8 Å². The Morgan fingerprint density at radius 1 is 1.26 bits per heavy atom. The van der Waals surface area contributed by atoms with E-state index in [1.165, 1.54) is 18.5 Å². The lowest BCUT2D eigenvalue weighted by Crippen LogP contribution is -2.19. The highest BCUT2D eigenvalue weighted by Gasteiger charge is 2.39. The number of rotatable bonds is 3. The molecule has 102 valence electrons. The third-order valence-electron chi connectivity index (χ3n) is 2.65. The van der Waals surface area contributed by atoms with E-state index in [1.54, 1.807) is 22.8 Å². The van der Waals surface area contributed by atoms with Crippen LogP contribution in [0.25, 0.3) is 0 Å². The minimum atomic E-state index is -4.65. The van der Waals surface area contributed by atoms with Gasteiger partial charge >= 0.3 is 6.18 Å². The molecule has 0 saturated carbocycles. The first-order valence-electron chi connectivity index (χ1n) is 5.51. The molecule has 1 heterocycles. The van der Waals surface area contributed by atoms with Crippen LogP contribution in [-0.4, -0.2) is 15.8 Å². The van der Waals surface area contributed by atoms with E-state index in [-0.39, 0.29) is 5.56 Å². The first-order valence-corrected chi connectivity index (χ1v) is 5.89. The molecule has 1 atom stereocenters. The zero-order chi connectivity index (χ0) is 14.0. The molecule has 0 spiro atoms. The van der Waals surface area contributed by atoms with Crippen molar-refractivity contribution in [2.24, 2.45) is 0 Å². The fraction of sp³-hybridized carbons (Fsp3) is 0.231. The molecular formula is C13H11ClF3NO. The number of halogens is 4. The summed E-state index contributed by atoms with van der Waals surface area (Å²) in [6.45, 7) is 0.394. The van der Waals surface area contributed by atoms with E-state index in [9.17, 15) is 13.2 Å². The van der Waals surface area contributed by atoms with Gasteiger partial charge in [-0.05, 0) is 23.8 Å². The summed E-state index contributed by atoms with van der Waals surface area (Å²) in [7, 11) is 0. The molecule has 0 aliphatic carbocycles. The third kappa shape index (κ3) is 3.52. The third-order valence-corrected chi connectivity index (χ3v) is 2.89. The van der Waals surface area contributed by atoms with Gasteiger partial charge in [0.1, 0.15) is 0 Å². The fourth-order valence-corrected chi connectivity index (χ4v) is 1.97. The standard InChI is InChI=1S/C13H11ClF3NO/c14-11-3-1-2-9(6-11)7-18-5-4-10(8-18)12(19)13(15,16)17/h1-6,8,12,19H,7H2. The Morgan fingerprint density at radius 2 is 2.00 bits per heavy atom. The molecule has 1 unspecified atom stereocenters. The molecule has 19 heavy (non-hydrogen) atoms. The van der Waals surface area contributed by atoms with Gasteiger partial charge in [-0.2, -0.15) is 13.2 Å². The summed E-state index contributed by atoms with van der Waals surface area (Å²) in [6.07, 6.45) is -4.33. The van der Waals surface area contributed by atoms with Gasteiger partial charge in [-0.1, -0.05) is 23.7 Å². The highest BCUT2D eigenvalue weighted by molar-refractivity contribution is 6.30. The summed E-state index contributed by atoms with van der Waals surface area (Å²) < 4.78 is 38.6. The zero-order valence-corrected chi connectivity index (χ0v) is 10.5. The quantitative estimate of drug-likeness (QED) is 0.914. The maximum absolute atomic E-state index is 12.3. The summed E-state index contributed by atoms with van der Waals surface area (Å²) >= 11 is 5.83. The van der Waals surface area contributed by atoms with E-state index in [0.717, 1.165) is 5.56 Å². The van der Waals surface area contributed by atoms with Crippen LogP contribution in [0, 0.1) is 0 Å². The number of aliphatic hydroxyl groups is 1. The van der Waals surface area contributed by atoms with Crippen molar-refractivity contribution in [2.75, 3.05) is 0 Å². The van der Waals surface area contributed by atoms with Gasteiger partial charge in [0, 0.05) is 29.5 Å². The normalized spacial score (nSPS) is 13.5. The number of hydrogen-bond donors (Lipinski definition) is 1. The topological polar surface area (TPSA) is 25.2 Å². The Morgan fingerprint density at radius 3 is 2.63 bits per heavy atom. The van der Waals surface area contributed by atoms with Crippen LogP contribution >= 0.6 is 11.6 Å². The lowest BCUT2D eigenvalue weighted by molar-refractivity contribution is -0.206. The van der Waals surface area contributed by atoms with Gasteiger partial charge in [0.15, 0.2) is 6.10 Å². The monoisotopic (exact) mass is 289 g/mol. The van der Waals surface area contributed by atoms with Gasteiger partial charge < -0.3 is 9.67 Å². The maximum atomic E-state index is 12.3. The number of aromatic nitrogens is 1. The van der Waals surface area contributed by atoms with Crippen LogP contribution in [0.5, 0.6) is 0 Å². The molecule has 0 aliphatic rings. The Bertz CT molecular complexity index is 565. The number of hydrogen-bond acceptors (Lipinski definition) is 1. The molecule has 0 saturated heterocycles. The van der Waals surface area contributed by atoms with Gasteiger partial charge in [-0.3, -0.25) is 0 Å². The van der Waals surface area contributed by atoms with Crippen molar-refractivity contribution in [3.05, 3.63) is 58.9 Å². The van der Waals surface area contributed by atoms with E-state index in [1.807, 2.05) is 6.07 Å². The van der Waals surface area contributed by atoms with E-state index < -0.39 is 12.3 Å². The van der Waals surface area contributed by atoms with Crippen molar-refractivity contribution in [1.82, 2.24) is 4.57 Å². The van der Waals surface area contributed by atoms with Crippen molar-refractivity contribution in [3.63, 3.8) is 0 Å². The van der Waals surface area contributed by atoms with Gasteiger partial charge in [0.25, 0.3) is 0 Å². The molecule has 2 rings (SSSR count). The molecule has 1 aromatic heterocycles. The van der Waals surface area contributed by atoms with Crippen molar-refractivity contribution in [1.29, 1.82) is 0 Å². The number of nitrogens with zero attached hydrogens (tertiary/aromatic N) is 1. The SMILES string of the molecule is OC(c1ccn(Cc2cccc(Cl)c2)c1)C(F)(F)F. The first kappa shape index (κ1) is 14.0. The van der Waals surface area contributed by atoms with Crippen LogP contribution in [0.15, 0.2) is 42.7 Å². The lowest BCUT2D eigenvalue weighted by atomic mass is 10.2. The van der Waals surface area contributed by atoms with Gasteiger partial charge in [0.05, 0.1) is 0 Å². The first-order chi connectivity index (χ1) is 8.86. The molecule has 2 nitrogen and oxygen atoms in total. The summed E-state index contributed by atoms with van der Waals surface area (Å²) in [4.78, 5) is 0. The molecule has 2 aromatic rings. The van der Waals surface area contributed by atoms with Crippen LogP contribution in [0.4, 0.5) is 13.2 Å². The number of alkyl halides is 3. The fourth-order valence-electron chi connectivity index (χ4n) is 1.75. The van der Waals surface area contributed by atoms with E-state index in [4.69, 9.17) is 16.7 Å². The predicted molar refractivity (Wildman–Crippen MR) is 66.0 cm³/mol. The van der Waals surface area contributed by atoms with Gasteiger partial charge in [0.2, 0.25) is 0 Å². The van der Waals surface area contributed by atoms with Crippen molar-refractivity contribution in [3.8, 4) is 0 Å². The Hall–Kier alpha value is -1.46. The van der Waals surface area contributed by atoms with E-state index in [2.05, 4.69) is 0 Å². The molecule has 0 radical (unpaired) electrons. The Labute approximate surface area is 113 Å². The largest absolute Gasteiger partial charge is 0.418 e. The summed E-state index contributed by atoms with van der Waals surface area (Å²) in [5, 5.41) is 9.69. The van der Waals surface area contributed by atoms with Crippen LogP contribution in [0.2, 0.25) is 5.02 Å². The molecule has 6 heteroatoms. The second-order valence-corrected chi connectivity index (χ2v) is 4.63. The van der Waals surface area contributed by atoms with Gasteiger partial charge in [-0.25, -0.2) is 0 Å². The highest BCUT2D eigenvalue weighted by Crippen LogP contribution is 2.32. The molecule has 0 amide bonds. The lowest BCUT2D eigenvalue weighted by Gasteiger charge is -2.12. The molecule has 0 bridgehead atoms. The zero-order valence-electron chi connectivity index (χ0n) is 9.73. The van der Waals surface area contributed by atoms with Gasteiger partial charge in [-0.15, -0.1) is 0 Å². The van der Waals surface area contributed by atoms with Crippen LogP contribution < -0.4 is 0 Å². The second kappa shape index (κ2) is 5.27. The smallest absolute Gasteiger partial charge is 0.379 e. The van der Waals surface area contributed by atoms with Crippen molar-refractivity contribution < 1.29 is 18.3 Å². The Balaban J connectivity index is 2.14. The van der Waals surface area contributed by atoms with Crippen LogP contribution in [0.1, 0.15) is 17.2 Å². The average Bonchev–Trinajstić information content (AvgIpc) is 2.75. The second-order valence-electron chi connectivity index (χ2n) is 4.19. The summed E-state index contributed by atoms with van der Waals surface area (Å²) in [6, 6.07) is 8.31. The highest BCUT2D eigenvalue weighted by atomic mass is 35.5. The molecule has 0 fully saturated rings. The average molecular weight is 290 g/mol. The molecule has 0 aliphatic heterocycles. The van der Waals surface area contributed by atoms with E-state index >= 15 is 0 Å². The minimum absolute atomic E-state index is 0.172. The predicted octanol–water partition coefficient (Wildman–Crippen LogP) is 3.79. The number of benzene rings is 1. The summed E-state index contributed by atoms with van der Waals surface area (Å²) in [5.41, 5.74) is 0.700. The summed E-state index contributed by atoms with van der Waals surface area (Å²) in [5.74, 6) is 0. The molecule has 1 N–H and O–H groups in total. The maximum Gasteiger partial charge on any atom is 0.418 e. The molecule has 1 aromatic carbocycles.